The lowest BCUT2D eigenvalue weighted by molar-refractivity contribution is -0.164. The van der Waals surface area contributed by atoms with Gasteiger partial charge >= 0.3 is 12.3 Å². The van der Waals surface area contributed by atoms with Crippen molar-refractivity contribution >= 4 is 29.6 Å². The molecule has 1 atom stereocenters. The molecule has 1 aliphatic carbocycles. The Morgan fingerprint density at radius 3 is 2.41 bits per heavy atom. The molecule has 0 radical (unpaired) electrons. The fraction of sp³-hybridized carbons (Fsp3) is 0.406. The van der Waals surface area contributed by atoms with E-state index >= 15 is 0 Å². The van der Waals surface area contributed by atoms with Crippen molar-refractivity contribution in [2.45, 2.75) is 64.2 Å². The van der Waals surface area contributed by atoms with Crippen LogP contribution in [-0.2, 0) is 4.74 Å². The van der Waals surface area contributed by atoms with Crippen LogP contribution in [0.5, 0.6) is 0 Å². The quantitative estimate of drug-likeness (QED) is 0.0907. The van der Waals surface area contributed by atoms with Crippen LogP contribution in [0.25, 0.3) is 11.4 Å². The smallest absolute Gasteiger partial charge is 0.411 e. The number of nitrogens with zero attached hydrogens (tertiary/aromatic N) is 7. The van der Waals surface area contributed by atoms with Gasteiger partial charge in [0.05, 0.1) is 34.8 Å². The standard InChI is InChI=1S/C32H34ClF5N10O3/c1-30(2,3)12-13-40-28(39)47(27(49)19-4-7-21(8-5-19)46-15-14-42-45-46)24(17-51-29(50)44-31(10-11-31)32(36,37)38)20-6-9-22(33)23(16-20)48-26(25(34)35)41-18-43-48/h4-9,14-16,18,24-25H,10-13,17H2,1-3H3,(H2,39,40)(H,44,50)/t24-/m1/s1. The molecule has 0 saturated heterocycles. The van der Waals surface area contributed by atoms with Gasteiger partial charge in [0.2, 0.25) is 0 Å². The van der Waals surface area contributed by atoms with Crippen molar-refractivity contribution in [3.05, 3.63) is 83.2 Å². The summed E-state index contributed by atoms with van der Waals surface area (Å²) in [7, 11) is 0. The first-order valence-corrected chi connectivity index (χ1v) is 16.0. The molecule has 5 rings (SSSR count). The van der Waals surface area contributed by atoms with E-state index in [4.69, 9.17) is 21.7 Å². The van der Waals surface area contributed by atoms with Crippen LogP contribution in [0.3, 0.4) is 0 Å². The molecule has 1 fully saturated rings. The molecule has 0 spiro atoms. The Morgan fingerprint density at radius 2 is 1.82 bits per heavy atom. The van der Waals surface area contributed by atoms with Crippen LogP contribution >= 0.6 is 11.6 Å². The summed E-state index contributed by atoms with van der Waals surface area (Å²) in [4.78, 5) is 31.7. The third kappa shape index (κ3) is 8.61. The van der Waals surface area contributed by atoms with Gasteiger partial charge in [-0.2, -0.15) is 18.3 Å². The summed E-state index contributed by atoms with van der Waals surface area (Å²) in [5, 5.41) is 25.3. The van der Waals surface area contributed by atoms with E-state index in [0.717, 1.165) is 15.9 Å². The number of ether oxygens (including phenoxy) is 1. The first kappa shape index (κ1) is 37.1. The molecule has 0 aliphatic heterocycles. The number of nitrogens with one attached hydrogen (secondary N) is 3. The zero-order valence-corrected chi connectivity index (χ0v) is 28.3. The summed E-state index contributed by atoms with van der Waals surface area (Å²) in [5.41, 5.74) is -1.92. The van der Waals surface area contributed by atoms with E-state index < -0.39 is 54.6 Å². The van der Waals surface area contributed by atoms with Gasteiger partial charge in [0.25, 0.3) is 12.3 Å². The minimum Gasteiger partial charge on any atom is -0.447 e. The van der Waals surface area contributed by atoms with Crippen LogP contribution in [0.15, 0.2) is 61.2 Å². The van der Waals surface area contributed by atoms with Gasteiger partial charge in [-0.3, -0.25) is 15.1 Å². The summed E-state index contributed by atoms with van der Waals surface area (Å²) in [5.74, 6) is -1.93. The van der Waals surface area contributed by atoms with Crippen LogP contribution in [0.1, 0.15) is 74.2 Å². The number of benzene rings is 2. The Balaban J connectivity index is 1.56. The zero-order valence-electron chi connectivity index (χ0n) is 27.6. The van der Waals surface area contributed by atoms with Crippen LogP contribution in [-0.4, -0.2) is 77.5 Å². The number of alkyl carbamates (subject to hydrolysis) is 1. The molecule has 51 heavy (non-hydrogen) atoms. The average Bonchev–Trinajstić information content (AvgIpc) is 3.43. The monoisotopic (exact) mass is 736 g/mol. The largest absolute Gasteiger partial charge is 0.447 e. The topological polar surface area (TPSA) is 156 Å². The maximum atomic E-state index is 14.4. The van der Waals surface area contributed by atoms with Crippen LogP contribution < -0.4 is 10.6 Å². The zero-order chi connectivity index (χ0) is 37.1. The van der Waals surface area contributed by atoms with Gasteiger partial charge in [0, 0.05) is 12.1 Å². The van der Waals surface area contributed by atoms with Gasteiger partial charge in [-0.1, -0.05) is 43.7 Å². The number of carbonyl (C=O) groups is 2. The first-order chi connectivity index (χ1) is 24.0. The van der Waals surface area contributed by atoms with E-state index in [1.54, 1.807) is 18.3 Å². The molecule has 4 aromatic rings. The highest BCUT2D eigenvalue weighted by Gasteiger charge is 2.64. The molecule has 2 aromatic heterocycles. The van der Waals surface area contributed by atoms with E-state index in [1.165, 1.54) is 41.2 Å². The van der Waals surface area contributed by atoms with Gasteiger partial charge in [-0.15, -0.1) is 5.10 Å². The van der Waals surface area contributed by atoms with E-state index in [2.05, 4.69) is 25.7 Å². The van der Waals surface area contributed by atoms with E-state index in [1.807, 2.05) is 26.1 Å². The summed E-state index contributed by atoms with van der Waals surface area (Å²) < 4.78 is 76.1. The Kier molecular flexibility index (Phi) is 10.6. The minimum absolute atomic E-state index is 0.0376. The molecule has 0 bridgehead atoms. The van der Waals surface area contributed by atoms with Crippen molar-refractivity contribution in [1.82, 2.24) is 45.3 Å². The molecule has 1 aliphatic rings. The Labute approximate surface area is 293 Å². The third-order valence-electron chi connectivity index (χ3n) is 8.10. The SMILES string of the molecule is CC(C)(C)CCNC(=N)N(C(=O)c1ccc(-n2ccnn2)cc1)[C@H](COC(=O)NC1(C(F)(F)F)CC1)c1ccc(Cl)c(-n2ncnc2C(F)F)c1. The molecular weight excluding hydrogens is 703 g/mol. The fourth-order valence-corrected chi connectivity index (χ4v) is 5.27. The van der Waals surface area contributed by atoms with Crippen LogP contribution in [0.2, 0.25) is 5.02 Å². The maximum absolute atomic E-state index is 14.4. The number of amides is 2. The number of hydrogen-bond donors (Lipinski definition) is 3. The fourth-order valence-electron chi connectivity index (χ4n) is 5.08. The van der Waals surface area contributed by atoms with Crippen molar-refractivity contribution in [3.8, 4) is 11.4 Å². The van der Waals surface area contributed by atoms with Gasteiger partial charge in [-0.25, -0.2) is 27.9 Å². The molecular formula is C32H34ClF5N10O3. The number of guanidine groups is 1. The lowest BCUT2D eigenvalue weighted by Crippen LogP contribution is -2.50. The predicted octanol–water partition coefficient (Wildman–Crippen LogP) is 6.40. The number of rotatable bonds is 11. The average molecular weight is 737 g/mol. The lowest BCUT2D eigenvalue weighted by atomic mass is 9.92. The van der Waals surface area contributed by atoms with Crippen molar-refractivity contribution in [1.29, 1.82) is 5.41 Å². The minimum atomic E-state index is -4.73. The summed E-state index contributed by atoms with van der Waals surface area (Å²) >= 11 is 6.41. The van der Waals surface area contributed by atoms with E-state index in [0.29, 0.717) is 12.1 Å². The van der Waals surface area contributed by atoms with Crippen LogP contribution in [0, 0.1) is 10.8 Å². The molecule has 272 valence electrons. The number of halogens is 6. The van der Waals surface area contributed by atoms with E-state index in [9.17, 15) is 31.5 Å². The molecule has 13 nitrogen and oxygen atoms in total. The first-order valence-electron chi connectivity index (χ1n) is 15.6. The Hall–Kier alpha value is -5.13. The van der Waals surface area contributed by atoms with Crippen molar-refractivity contribution < 1.29 is 36.3 Å². The number of hydrogen-bond acceptors (Lipinski definition) is 8. The number of alkyl halides is 5. The highest BCUT2D eigenvalue weighted by molar-refractivity contribution is 6.32. The molecule has 19 heteroatoms. The van der Waals surface area contributed by atoms with E-state index in [-0.39, 0.29) is 46.6 Å². The Morgan fingerprint density at radius 1 is 1.12 bits per heavy atom. The summed E-state index contributed by atoms with van der Waals surface area (Å²) in [6.45, 7) is 5.42. The third-order valence-corrected chi connectivity index (χ3v) is 8.42. The summed E-state index contributed by atoms with van der Waals surface area (Å²) in [6.07, 6.45) is -5.32. The maximum Gasteiger partial charge on any atom is 0.411 e. The second-order valence-corrected chi connectivity index (χ2v) is 13.4. The van der Waals surface area contributed by atoms with Gasteiger partial charge in [0.1, 0.15) is 18.5 Å². The molecule has 1 saturated carbocycles. The number of carbonyl (C=O) groups excluding carboxylic acids is 2. The second kappa shape index (κ2) is 14.6. The number of aromatic nitrogens is 6. The normalized spacial score (nSPS) is 14.5. The van der Waals surface area contributed by atoms with Crippen LogP contribution in [0.4, 0.5) is 26.7 Å². The molecule has 2 aromatic carbocycles. The van der Waals surface area contributed by atoms with Crippen molar-refractivity contribution in [3.63, 3.8) is 0 Å². The van der Waals surface area contributed by atoms with Gasteiger partial charge in [-0.05, 0) is 66.6 Å². The molecule has 2 amide bonds. The second-order valence-electron chi connectivity index (χ2n) is 13.0. The molecule has 3 N–H and O–H groups in total. The predicted molar refractivity (Wildman–Crippen MR) is 174 cm³/mol. The van der Waals surface area contributed by atoms with Crippen molar-refractivity contribution in [2.24, 2.45) is 5.41 Å². The van der Waals surface area contributed by atoms with Gasteiger partial charge < -0.3 is 15.4 Å². The molecule has 2 heterocycles. The van der Waals surface area contributed by atoms with Crippen molar-refractivity contribution in [2.75, 3.05) is 13.2 Å². The van der Waals surface area contributed by atoms with Gasteiger partial charge in [0.15, 0.2) is 11.8 Å². The lowest BCUT2D eigenvalue weighted by Gasteiger charge is -2.33. The highest BCUT2D eigenvalue weighted by atomic mass is 35.5. The Bertz CT molecular complexity index is 1860. The molecule has 0 unspecified atom stereocenters. The highest BCUT2D eigenvalue weighted by Crippen LogP contribution is 2.49. The summed E-state index contributed by atoms with van der Waals surface area (Å²) in [6, 6.07) is 8.73.